The zero-order valence-electron chi connectivity index (χ0n) is 12.3. The summed E-state index contributed by atoms with van der Waals surface area (Å²) in [7, 11) is 0. The quantitative estimate of drug-likeness (QED) is 0.546. The molecule has 0 unspecified atom stereocenters. The first-order valence-corrected chi connectivity index (χ1v) is 7.32. The third-order valence-corrected chi connectivity index (χ3v) is 3.60. The lowest BCUT2D eigenvalue weighted by Gasteiger charge is -2.25. The van der Waals surface area contributed by atoms with E-state index in [9.17, 15) is 14.4 Å². The van der Waals surface area contributed by atoms with Gasteiger partial charge in [0, 0.05) is 13.0 Å². The Morgan fingerprint density at radius 2 is 1.71 bits per heavy atom. The minimum atomic E-state index is -0.734. The van der Waals surface area contributed by atoms with Gasteiger partial charge in [-0.25, -0.2) is 4.79 Å². The Kier molecular flexibility index (Phi) is 7.56. The highest BCUT2D eigenvalue weighted by Crippen LogP contribution is 2.28. The van der Waals surface area contributed by atoms with Crippen LogP contribution in [0.25, 0.3) is 0 Å². The van der Waals surface area contributed by atoms with Crippen LogP contribution in [0.4, 0.5) is 4.79 Å². The van der Waals surface area contributed by atoms with Crippen molar-refractivity contribution in [2.24, 2.45) is 11.8 Å². The molecule has 1 fully saturated rings. The van der Waals surface area contributed by atoms with Crippen LogP contribution in [0.5, 0.6) is 0 Å². The van der Waals surface area contributed by atoms with Crippen LogP contribution in [0.15, 0.2) is 0 Å². The number of amides is 1. The van der Waals surface area contributed by atoms with Crippen LogP contribution in [0, 0.1) is 11.8 Å². The van der Waals surface area contributed by atoms with Crippen molar-refractivity contribution < 1.29 is 29.0 Å². The van der Waals surface area contributed by atoms with E-state index in [1.54, 1.807) is 6.92 Å². The Labute approximate surface area is 124 Å². The molecule has 1 rings (SSSR count). The molecule has 0 heterocycles. The summed E-state index contributed by atoms with van der Waals surface area (Å²) in [6.07, 6.45) is 2.66. The normalized spacial score (nSPS) is 21.4. The highest BCUT2D eigenvalue weighted by molar-refractivity contribution is 5.70. The first-order valence-electron chi connectivity index (χ1n) is 7.32. The number of alkyl carbamates (subject to hydrolysis) is 1. The minimum absolute atomic E-state index is 0.0311. The van der Waals surface area contributed by atoms with Crippen molar-refractivity contribution in [2.45, 2.75) is 39.0 Å². The number of ether oxygens (including phenoxy) is 2. The first kappa shape index (κ1) is 17.3. The van der Waals surface area contributed by atoms with Crippen molar-refractivity contribution >= 4 is 18.0 Å². The SMILES string of the molecule is CCC(=O)OCCOC(=O)NC[C@H]1CC[C@H](C(=O)O)CC1. The first-order chi connectivity index (χ1) is 10.0. The van der Waals surface area contributed by atoms with Gasteiger partial charge in [-0.15, -0.1) is 0 Å². The number of aliphatic carboxylic acids is 1. The lowest BCUT2D eigenvalue weighted by atomic mass is 9.82. The van der Waals surface area contributed by atoms with E-state index in [1.165, 1.54) is 0 Å². The number of rotatable bonds is 7. The second kappa shape index (κ2) is 9.20. The molecule has 0 atom stereocenters. The molecule has 7 nitrogen and oxygen atoms in total. The van der Waals surface area contributed by atoms with Crippen LogP contribution in [-0.4, -0.2) is 42.9 Å². The zero-order chi connectivity index (χ0) is 15.7. The van der Waals surface area contributed by atoms with Crippen molar-refractivity contribution in [2.75, 3.05) is 19.8 Å². The molecule has 120 valence electrons. The lowest BCUT2D eigenvalue weighted by Crippen LogP contribution is -2.33. The molecule has 0 radical (unpaired) electrons. The van der Waals surface area contributed by atoms with E-state index in [0.29, 0.717) is 31.7 Å². The van der Waals surface area contributed by atoms with Gasteiger partial charge in [-0.3, -0.25) is 9.59 Å². The molecule has 0 aliphatic heterocycles. The molecule has 1 aliphatic carbocycles. The maximum atomic E-state index is 11.4. The van der Waals surface area contributed by atoms with E-state index < -0.39 is 12.1 Å². The Morgan fingerprint density at radius 1 is 1.10 bits per heavy atom. The fourth-order valence-corrected chi connectivity index (χ4v) is 2.28. The Hall–Kier alpha value is -1.79. The Bertz CT molecular complexity index is 362. The number of carbonyl (C=O) groups excluding carboxylic acids is 2. The Balaban J connectivity index is 2.06. The maximum Gasteiger partial charge on any atom is 0.407 e. The highest BCUT2D eigenvalue weighted by Gasteiger charge is 2.26. The minimum Gasteiger partial charge on any atom is -0.481 e. The van der Waals surface area contributed by atoms with Crippen LogP contribution in [-0.2, 0) is 19.1 Å². The van der Waals surface area contributed by atoms with Crippen molar-refractivity contribution in [1.82, 2.24) is 5.32 Å². The monoisotopic (exact) mass is 301 g/mol. The van der Waals surface area contributed by atoms with Crippen LogP contribution in [0.1, 0.15) is 39.0 Å². The number of carboxylic acids is 1. The summed E-state index contributed by atoms with van der Waals surface area (Å²) in [5.74, 6) is -1.01. The molecule has 0 bridgehead atoms. The van der Waals surface area contributed by atoms with Crippen molar-refractivity contribution in [3.05, 3.63) is 0 Å². The predicted molar refractivity (Wildman–Crippen MR) is 73.7 cm³/mol. The summed E-state index contributed by atoms with van der Waals surface area (Å²) in [5, 5.41) is 11.5. The Morgan fingerprint density at radius 3 is 2.29 bits per heavy atom. The van der Waals surface area contributed by atoms with Gasteiger partial charge < -0.3 is 19.9 Å². The van der Waals surface area contributed by atoms with E-state index >= 15 is 0 Å². The topological polar surface area (TPSA) is 102 Å². The van der Waals surface area contributed by atoms with E-state index in [2.05, 4.69) is 5.32 Å². The van der Waals surface area contributed by atoms with Gasteiger partial charge in [0.2, 0.25) is 0 Å². The van der Waals surface area contributed by atoms with Crippen molar-refractivity contribution in [3.8, 4) is 0 Å². The number of hydrogen-bond acceptors (Lipinski definition) is 5. The molecule has 1 amide bonds. The second-order valence-electron chi connectivity index (χ2n) is 5.15. The average Bonchev–Trinajstić information content (AvgIpc) is 2.49. The summed E-state index contributed by atoms with van der Waals surface area (Å²) < 4.78 is 9.64. The van der Waals surface area contributed by atoms with Gasteiger partial charge in [0.1, 0.15) is 13.2 Å². The highest BCUT2D eigenvalue weighted by atomic mass is 16.6. The third kappa shape index (κ3) is 6.97. The largest absolute Gasteiger partial charge is 0.481 e. The number of carbonyl (C=O) groups is 3. The summed E-state index contributed by atoms with van der Waals surface area (Å²) in [5.41, 5.74) is 0. The van der Waals surface area contributed by atoms with Crippen LogP contribution in [0.2, 0.25) is 0 Å². The molecule has 0 aromatic heterocycles. The summed E-state index contributed by atoms with van der Waals surface area (Å²) in [6, 6.07) is 0. The number of nitrogens with one attached hydrogen (secondary N) is 1. The van der Waals surface area contributed by atoms with E-state index in [4.69, 9.17) is 14.6 Å². The van der Waals surface area contributed by atoms with Crippen LogP contribution < -0.4 is 5.32 Å². The molecular formula is C14H23NO6. The molecule has 0 saturated heterocycles. The fraction of sp³-hybridized carbons (Fsp3) is 0.786. The molecule has 0 spiro atoms. The van der Waals surface area contributed by atoms with E-state index in [-0.39, 0.29) is 25.1 Å². The van der Waals surface area contributed by atoms with Gasteiger partial charge >= 0.3 is 18.0 Å². The fourth-order valence-electron chi connectivity index (χ4n) is 2.28. The van der Waals surface area contributed by atoms with Crippen LogP contribution in [0.3, 0.4) is 0 Å². The number of carboxylic acid groups (broad SMARTS) is 1. The summed E-state index contributed by atoms with van der Waals surface area (Å²) in [6.45, 7) is 2.27. The van der Waals surface area contributed by atoms with E-state index in [0.717, 1.165) is 12.8 Å². The van der Waals surface area contributed by atoms with Gasteiger partial charge in [-0.2, -0.15) is 0 Å². The summed E-state index contributed by atoms with van der Waals surface area (Å²) >= 11 is 0. The van der Waals surface area contributed by atoms with Crippen molar-refractivity contribution in [3.63, 3.8) is 0 Å². The molecule has 21 heavy (non-hydrogen) atoms. The van der Waals surface area contributed by atoms with Gasteiger partial charge in [0.15, 0.2) is 0 Å². The van der Waals surface area contributed by atoms with Gasteiger partial charge in [0.25, 0.3) is 0 Å². The van der Waals surface area contributed by atoms with E-state index in [1.807, 2.05) is 0 Å². The molecular weight excluding hydrogens is 278 g/mol. The molecule has 2 N–H and O–H groups in total. The standard InChI is InChI=1S/C14H23NO6/c1-2-12(16)20-7-8-21-14(19)15-9-10-3-5-11(6-4-10)13(17)18/h10-11H,2-9H2,1H3,(H,15,19)(H,17,18)/t10-,11-. The lowest BCUT2D eigenvalue weighted by molar-refractivity contribution is -0.144. The smallest absolute Gasteiger partial charge is 0.407 e. The third-order valence-electron chi connectivity index (χ3n) is 3.60. The molecule has 1 aliphatic rings. The maximum absolute atomic E-state index is 11.4. The van der Waals surface area contributed by atoms with Gasteiger partial charge in [0.05, 0.1) is 5.92 Å². The van der Waals surface area contributed by atoms with Gasteiger partial charge in [-0.05, 0) is 31.6 Å². The molecule has 1 saturated carbocycles. The van der Waals surface area contributed by atoms with Crippen LogP contribution >= 0.6 is 0 Å². The summed E-state index contributed by atoms with van der Waals surface area (Å²) in [4.78, 5) is 33.1. The average molecular weight is 301 g/mol. The molecule has 0 aromatic rings. The second-order valence-corrected chi connectivity index (χ2v) is 5.15. The molecule has 7 heteroatoms. The zero-order valence-corrected chi connectivity index (χ0v) is 12.3. The number of hydrogen-bond donors (Lipinski definition) is 2. The van der Waals surface area contributed by atoms with Gasteiger partial charge in [-0.1, -0.05) is 6.92 Å². The molecule has 0 aromatic carbocycles. The van der Waals surface area contributed by atoms with Crippen molar-refractivity contribution in [1.29, 1.82) is 0 Å². The number of esters is 1. The predicted octanol–water partition coefficient (Wildman–Crippen LogP) is 1.56.